The van der Waals surface area contributed by atoms with Crippen LogP contribution in [0.25, 0.3) is 0 Å². The molecule has 3 aromatic rings. The van der Waals surface area contributed by atoms with Gasteiger partial charge in [0, 0.05) is 24.0 Å². The lowest BCUT2D eigenvalue weighted by atomic mass is 9.94. The average Bonchev–Trinajstić information content (AvgIpc) is 2.96. The number of benzene rings is 3. The summed E-state index contributed by atoms with van der Waals surface area (Å²) in [6, 6.07) is 20.8. The molecule has 224 valence electrons. The molecule has 2 amide bonds. The molecule has 4 rings (SSSR count). The molecule has 10 heteroatoms. The number of carbonyl (C=O) groups excluding carboxylic acids is 2. The van der Waals surface area contributed by atoms with E-state index < -0.39 is 28.5 Å². The van der Waals surface area contributed by atoms with Gasteiger partial charge in [-0.3, -0.25) is 13.9 Å². The molecule has 1 aliphatic carbocycles. The zero-order chi connectivity index (χ0) is 30.3. The van der Waals surface area contributed by atoms with Crippen molar-refractivity contribution < 1.29 is 18.0 Å². The Labute approximate surface area is 258 Å². The van der Waals surface area contributed by atoms with Crippen molar-refractivity contribution in [1.82, 2.24) is 10.2 Å². The van der Waals surface area contributed by atoms with Crippen LogP contribution in [0.2, 0.25) is 10.0 Å². The van der Waals surface area contributed by atoms with Crippen LogP contribution >= 0.6 is 23.2 Å². The lowest BCUT2D eigenvalue weighted by Gasteiger charge is -2.35. The Bertz CT molecular complexity index is 1490. The van der Waals surface area contributed by atoms with Gasteiger partial charge in [0.05, 0.1) is 17.0 Å². The van der Waals surface area contributed by atoms with Gasteiger partial charge in [0.2, 0.25) is 21.8 Å². The molecule has 1 saturated carbocycles. The van der Waals surface area contributed by atoms with Crippen LogP contribution in [-0.4, -0.2) is 50.0 Å². The number of nitrogens with zero attached hydrogens (tertiary/aromatic N) is 2. The third-order valence-electron chi connectivity index (χ3n) is 7.68. The lowest BCUT2D eigenvalue weighted by Crippen LogP contribution is -2.55. The third kappa shape index (κ3) is 8.49. The van der Waals surface area contributed by atoms with E-state index in [-0.39, 0.29) is 40.6 Å². The van der Waals surface area contributed by atoms with Gasteiger partial charge in [0.25, 0.3) is 0 Å². The van der Waals surface area contributed by atoms with Crippen molar-refractivity contribution in [3.8, 4) is 0 Å². The summed E-state index contributed by atoms with van der Waals surface area (Å²) in [6.07, 6.45) is 6.31. The minimum absolute atomic E-state index is 0.0396. The second-order valence-electron chi connectivity index (χ2n) is 10.9. The molecule has 0 unspecified atom stereocenters. The van der Waals surface area contributed by atoms with Gasteiger partial charge >= 0.3 is 0 Å². The molecule has 0 saturated heterocycles. The predicted molar refractivity (Wildman–Crippen MR) is 169 cm³/mol. The molecule has 1 atom stereocenters. The molecule has 1 N–H and O–H groups in total. The first-order chi connectivity index (χ1) is 20.0. The van der Waals surface area contributed by atoms with E-state index in [1.54, 1.807) is 6.07 Å². The zero-order valence-electron chi connectivity index (χ0n) is 23.9. The number of carbonyl (C=O) groups is 2. The van der Waals surface area contributed by atoms with Gasteiger partial charge in [-0.25, -0.2) is 8.42 Å². The molecule has 0 heterocycles. The summed E-state index contributed by atoms with van der Waals surface area (Å²) < 4.78 is 26.9. The highest BCUT2D eigenvalue weighted by atomic mass is 35.5. The van der Waals surface area contributed by atoms with Gasteiger partial charge in [-0.05, 0) is 54.7 Å². The first kappa shape index (κ1) is 31.9. The van der Waals surface area contributed by atoms with Crippen molar-refractivity contribution in [3.63, 3.8) is 0 Å². The quantitative estimate of drug-likeness (QED) is 0.275. The second kappa shape index (κ2) is 14.4. The Kier molecular flexibility index (Phi) is 10.9. The van der Waals surface area contributed by atoms with E-state index >= 15 is 0 Å². The summed E-state index contributed by atoms with van der Waals surface area (Å²) >= 11 is 12.6. The van der Waals surface area contributed by atoms with E-state index in [9.17, 15) is 18.0 Å². The Balaban J connectivity index is 1.75. The highest BCUT2D eigenvalue weighted by Crippen LogP contribution is 2.31. The smallest absolute Gasteiger partial charge is 0.244 e. The monoisotopic (exact) mass is 629 g/mol. The predicted octanol–water partition coefficient (Wildman–Crippen LogP) is 6.16. The number of nitrogens with one attached hydrogen (secondary N) is 1. The molecule has 1 aliphatic rings. The number of rotatable bonds is 11. The minimum atomic E-state index is -3.95. The SMILES string of the molecule is Cc1ccccc1CN(C(=O)CN(c1cc(Cl)ccc1Cl)S(C)(=O)=O)[C@@H](Cc1ccccc1)C(=O)NC1CCCCC1. The van der Waals surface area contributed by atoms with Gasteiger partial charge in [-0.2, -0.15) is 0 Å². The number of halogens is 2. The van der Waals surface area contributed by atoms with Crippen LogP contribution in [0.15, 0.2) is 72.8 Å². The van der Waals surface area contributed by atoms with Gasteiger partial charge < -0.3 is 10.2 Å². The second-order valence-corrected chi connectivity index (χ2v) is 13.6. The van der Waals surface area contributed by atoms with Crippen molar-refractivity contribution in [3.05, 3.63) is 99.5 Å². The van der Waals surface area contributed by atoms with E-state index in [0.717, 1.165) is 59.4 Å². The van der Waals surface area contributed by atoms with Crippen molar-refractivity contribution >= 4 is 50.7 Å². The van der Waals surface area contributed by atoms with Crippen molar-refractivity contribution in [2.75, 3.05) is 17.1 Å². The Morgan fingerprint density at radius 3 is 2.29 bits per heavy atom. The van der Waals surface area contributed by atoms with Gasteiger partial charge in [-0.1, -0.05) is 97.1 Å². The fourth-order valence-electron chi connectivity index (χ4n) is 5.34. The maximum absolute atomic E-state index is 14.3. The first-order valence-corrected chi connectivity index (χ1v) is 16.7. The maximum atomic E-state index is 14.3. The summed E-state index contributed by atoms with van der Waals surface area (Å²) in [4.78, 5) is 29.8. The van der Waals surface area contributed by atoms with Gasteiger partial charge in [-0.15, -0.1) is 0 Å². The Morgan fingerprint density at radius 2 is 1.62 bits per heavy atom. The van der Waals surface area contributed by atoms with E-state index in [2.05, 4.69) is 5.32 Å². The maximum Gasteiger partial charge on any atom is 0.244 e. The number of sulfonamides is 1. The highest BCUT2D eigenvalue weighted by Gasteiger charge is 2.34. The largest absolute Gasteiger partial charge is 0.352 e. The number of aryl methyl sites for hydroxylation is 1. The van der Waals surface area contributed by atoms with Gasteiger partial charge in [0.1, 0.15) is 12.6 Å². The van der Waals surface area contributed by atoms with Crippen molar-refractivity contribution in [1.29, 1.82) is 0 Å². The molecule has 0 aliphatic heterocycles. The summed E-state index contributed by atoms with van der Waals surface area (Å²) in [7, 11) is -3.95. The van der Waals surface area contributed by atoms with Gasteiger partial charge in [0.15, 0.2) is 0 Å². The molecule has 0 aromatic heterocycles. The van der Waals surface area contributed by atoms with Crippen molar-refractivity contribution in [2.45, 2.75) is 64.1 Å². The van der Waals surface area contributed by atoms with Crippen LogP contribution in [0.4, 0.5) is 5.69 Å². The zero-order valence-corrected chi connectivity index (χ0v) is 26.3. The van der Waals surface area contributed by atoms with Crippen LogP contribution < -0.4 is 9.62 Å². The molecule has 0 bridgehead atoms. The number of anilines is 1. The number of hydrogen-bond acceptors (Lipinski definition) is 4. The van der Waals surface area contributed by atoms with Crippen LogP contribution in [0.3, 0.4) is 0 Å². The molecule has 0 spiro atoms. The normalized spacial score (nSPS) is 14.7. The lowest BCUT2D eigenvalue weighted by molar-refractivity contribution is -0.140. The summed E-state index contributed by atoms with van der Waals surface area (Å²) in [5.74, 6) is -0.779. The van der Waals surface area contributed by atoms with E-state index in [0.29, 0.717) is 0 Å². The molecule has 7 nitrogen and oxygen atoms in total. The number of amides is 2. The van der Waals surface area contributed by atoms with E-state index in [1.165, 1.54) is 17.0 Å². The molecule has 1 fully saturated rings. The molecule has 3 aromatic carbocycles. The third-order valence-corrected chi connectivity index (χ3v) is 9.36. The van der Waals surface area contributed by atoms with Crippen LogP contribution in [0.5, 0.6) is 0 Å². The fraction of sp³-hybridized carbons (Fsp3) is 0.375. The van der Waals surface area contributed by atoms with E-state index in [1.807, 2.05) is 61.5 Å². The van der Waals surface area contributed by atoms with E-state index in [4.69, 9.17) is 23.2 Å². The number of hydrogen-bond donors (Lipinski definition) is 1. The average molecular weight is 631 g/mol. The molecule has 42 heavy (non-hydrogen) atoms. The van der Waals surface area contributed by atoms with Crippen LogP contribution in [0, 0.1) is 6.92 Å². The van der Waals surface area contributed by atoms with Crippen molar-refractivity contribution in [2.24, 2.45) is 0 Å². The standard InChI is InChI=1S/C32H37Cl2N3O4S/c1-23-11-9-10-14-25(23)21-36(31(38)22-37(42(2,40)41)29-20-26(33)17-18-28(29)34)30(19-24-12-5-3-6-13-24)32(39)35-27-15-7-4-8-16-27/h3,5-6,9-14,17-18,20,27,30H,4,7-8,15-16,19,21-22H2,1-2H3,(H,35,39)/t30-/m0/s1. The molecular formula is C32H37Cl2N3O4S. The molecule has 0 radical (unpaired) electrons. The summed E-state index contributed by atoms with van der Waals surface area (Å²) in [5, 5.41) is 3.62. The fourth-order valence-corrected chi connectivity index (χ4v) is 6.63. The Hall–Kier alpha value is -3.07. The summed E-state index contributed by atoms with van der Waals surface area (Å²) in [5.41, 5.74) is 2.81. The minimum Gasteiger partial charge on any atom is -0.352 e. The van der Waals surface area contributed by atoms with Crippen LogP contribution in [0.1, 0.15) is 48.8 Å². The first-order valence-electron chi connectivity index (χ1n) is 14.1. The van der Waals surface area contributed by atoms with Crippen LogP contribution in [-0.2, 0) is 32.6 Å². The summed E-state index contributed by atoms with van der Waals surface area (Å²) in [6.45, 7) is 1.52. The molecular weight excluding hydrogens is 593 g/mol. The Morgan fingerprint density at radius 1 is 0.952 bits per heavy atom. The highest BCUT2D eigenvalue weighted by molar-refractivity contribution is 7.92. The topological polar surface area (TPSA) is 86.8 Å².